The first-order valence-corrected chi connectivity index (χ1v) is 11.1. The van der Waals surface area contributed by atoms with E-state index in [9.17, 15) is 14.4 Å². The normalized spacial score (nSPS) is 17.4. The summed E-state index contributed by atoms with van der Waals surface area (Å²) in [6.45, 7) is 1.32. The van der Waals surface area contributed by atoms with Gasteiger partial charge >= 0.3 is 0 Å². The molecular formula is C25H30N4O4. The molecule has 8 nitrogen and oxygen atoms in total. The highest BCUT2D eigenvalue weighted by atomic mass is 16.5. The SMILES string of the molecule is COc1cccc(C(=O)N2CCC3(CC2)C(=O)N(CC(=O)N(C)C)CN3c2ccccc2)c1. The molecule has 2 aromatic carbocycles. The standard InChI is InChI=1S/C25H30N4O4/c1-26(2)22(30)17-28-18-29(20-9-5-4-6-10-20)25(24(28)32)12-14-27(15-13-25)23(31)19-8-7-11-21(16-19)33-3/h4-11,16H,12-15,17-18H2,1-3H3. The summed E-state index contributed by atoms with van der Waals surface area (Å²) in [7, 11) is 4.96. The molecule has 4 rings (SSSR count). The van der Waals surface area contributed by atoms with Gasteiger partial charge in [-0.25, -0.2) is 0 Å². The molecule has 0 unspecified atom stereocenters. The lowest BCUT2D eigenvalue weighted by Crippen LogP contribution is -2.57. The third-order valence-corrected chi connectivity index (χ3v) is 6.60. The number of anilines is 1. The highest BCUT2D eigenvalue weighted by molar-refractivity contribution is 5.97. The molecule has 0 radical (unpaired) electrons. The van der Waals surface area contributed by atoms with Crippen molar-refractivity contribution in [1.82, 2.24) is 14.7 Å². The summed E-state index contributed by atoms with van der Waals surface area (Å²) in [6, 6.07) is 16.9. The molecular weight excluding hydrogens is 420 g/mol. The molecule has 2 saturated heterocycles. The molecule has 0 aliphatic carbocycles. The van der Waals surface area contributed by atoms with Crippen LogP contribution in [0.2, 0.25) is 0 Å². The fraction of sp³-hybridized carbons (Fsp3) is 0.400. The lowest BCUT2D eigenvalue weighted by molar-refractivity contribution is -0.139. The number of benzene rings is 2. The Morgan fingerprint density at radius 3 is 2.36 bits per heavy atom. The number of methoxy groups -OCH3 is 1. The number of piperidine rings is 1. The number of carbonyl (C=O) groups is 3. The van der Waals surface area contributed by atoms with Crippen LogP contribution in [0, 0.1) is 0 Å². The zero-order valence-electron chi connectivity index (χ0n) is 19.4. The Labute approximate surface area is 194 Å². The van der Waals surface area contributed by atoms with Gasteiger partial charge in [0.2, 0.25) is 5.91 Å². The Bertz CT molecular complexity index is 1030. The van der Waals surface area contributed by atoms with E-state index in [-0.39, 0.29) is 24.3 Å². The number of likely N-dealkylation sites (tertiary alicyclic amines) is 1. The minimum absolute atomic E-state index is 0.0450. The summed E-state index contributed by atoms with van der Waals surface area (Å²) in [5.74, 6) is 0.408. The number of hydrogen-bond donors (Lipinski definition) is 0. The summed E-state index contributed by atoms with van der Waals surface area (Å²) in [5.41, 5.74) is 0.749. The van der Waals surface area contributed by atoms with Crippen LogP contribution in [-0.2, 0) is 9.59 Å². The molecule has 33 heavy (non-hydrogen) atoms. The first-order valence-electron chi connectivity index (χ1n) is 11.1. The molecule has 174 valence electrons. The second-order valence-electron chi connectivity index (χ2n) is 8.75. The molecule has 2 fully saturated rings. The molecule has 0 saturated carbocycles. The average Bonchev–Trinajstić information content (AvgIpc) is 3.10. The van der Waals surface area contributed by atoms with Gasteiger partial charge in [-0.2, -0.15) is 0 Å². The lowest BCUT2D eigenvalue weighted by Gasteiger charge is -2.43. The molecule has 2 aromatic rings. The van der Waals surface area contributed by atoms with Crippen molar-refractivity contribution in [1.29, 1.82) is 0 Å². The third kappa shape index (κ3) is 4.25. The van der Waals surface area contributed by atoms with Crippen LogP contribution in [0.15, 0.2) is 54.6 Å². The Balaban J connectivity index is 1.56. The maximum atomic E-state index is 13.6. The largest absolute Gasteiger partial charge is 0.497 e. The Morgan fingerprint density at radius 1 is 1.03 bits per heavy atom. The third-order valence-electron chi connectivity index (χ3n) is 6.60. The van der Waals surface area contributed by atoms with E-state index in [0.29, 0.717) is 43.9 Å². The van der Waals surface area contributed by atoms with Crippen LogP contribution in [0.25, 0.3) is 0 Å². The van der Waals surface area contributed by atoms with Crippen molar-refractivity contribution in [3.05, 3.63) is 60.2 Å². The van der Waals surface area contributed by atoms with Crippen molar-refractivity contribution in [2.45, 2.75) is 18.4 Å². The zero-order valence-corrected chi connectivity index (χ0v) is 19.4. The average molecular weight is 451 g/mol. The molecule has 2 aliphatic heterocycles. The van der Waals surface area contributed by atoms with Crippen LogP contribution < -0.4 is 9.64 Å². The first-order chi connectivity index (χ1) is 15.9. The molecule has 0 atom stereocenters. The van der Waals surface area contributed by atoms with E-state index in [1.54, 1.807) is 55.3 Å². The van der Waals surface area contributed by atoms with E-state index in [1.807, 2.05) is 30.3 Å². The predicted octanol–water partition coefficient (Wildman–Crippen LogP) is 2.06. The highest BCUT2D eigenvalue weighted by Gasteiger charge is 2.54. The summed E-state index contributed by atoms with van der Waals surface area (Å²) < 4.78 is 5.25. The lowest BCUT2D eigenvalue weighted by atomic mass is 9.85. The van der Waals surface area contributed by atoms with Crippen molar-refractivity contribution in [2.75, 3.05) is 52.4 Å². The number of ether oxygens (including phenoxy) is 1. The summed E-state index contributed by atoms with van der Waals surface area (Å²) in [6.07, 6.45) is 1.01. The van der Waals surface area contributed by atoms with Gasteiger partial charge in [-0.3, -0.25) is 14.4 Å². The summed E-state index contributed by atoms with van der Waals surface area (Å²) >= 11 is 0. The van der Waals surface area contributed by atoms with Crippen LogP contribution in [-0.4, -0.2) is 85.5 Å². The minimum atomic E-state index is -0.765. The van der Waals surface area contributed by atoms with Gasteiger partial charge < -0.3 is 24.3 Å². The molecule has 3 amide bonds. The Hall–Kier alpha value is -3.55. The maximum Gasteiger partial charge on any atom is 0.253 e. The molecule has 8 heteroatoms. The van der Waals surface area contributed by atoms with E-state index >= 15 is 0 Å². The van der Waals surface area contributed by atoms with Gasteiger partial charge in [-0.05, 0) is 43.2 Å². The van der Waals surface area contributed by atoms with E-state index in [2.05, 4.69) is 4.90 Å². The number of para-hydroxylation sites is 1. The number of hydrogen-bond acceptors (Lipinski definition) is 5. The molecule has 0 aromatic heterocycles. The van der Waals surface area contributed by atoms with Gasteiger partial charge in [0.25, 0.3) is 11.8 Å². The van der Waals surface area contributed by atoms with Crippen LogP contribution >= 0.6 is 0 Å². The smallest absolute Gasteiger partial charge is 0.253 e. The highest BCUT2D eigenvalue weighted by Crippen LogP contribution is 2.39. The minimum Gasteiger partial charge on any atom is -0.497 e. The van der Waals surface area contributed by atoms with E-state index in [1.165, 1.54) is 4.90 Å². The Kier molecular flexibility index (Phi) is 6.26. The summed E-state index contributed by atoms with van der Waals surface area (Å²) in [5, 5.41) is 0. The fourth-order valence-electron chi connectivity index (χ4n) is 4.65. The van der Waals surface area contributed by atoms with Crippen molar-refractivity contribution >= 4 is 23.4 Å². The van der Waals surface area contributed by atoms with Gasteiger partial charge in [-0.15, -0.1) is 0 Å². The monoisotopic (exact) mass is 450 g/mol. The Morgan fingerprint density at radius 2 is 1.73 bits per heavy atom. The first kappa shape index (κ1) is 22.6. The molecule has 2 heterocycles. The van der Waals surface area contributed by atoms with Crippen molar-refractivity contribution in [2.24, 2.45) is 0 Å². The fourth-order valence-corrected chi connectivity index (χ4v) is 4.65. The quantitative estimate of drug-likeness (QED) is 0.697. The molecule has 0 N–H and O–H groups in total. The number of carbonyl (C=O) groups excluding carboxylic acids is 3. The maximum absolute atomic E-state index is 13.6. The molecule has 1 spiro atoms. The zero-order chi connectivity index (χ0) is 23.6. The van der Waals surface area contributed by atoms with Crippen molar-refractivity contribution < 1.29 is 19.1 Å². The molecule has 2 aliphatic rings. The van der Waals surface area contributed by atoms with Crippen LogP contribution in [0.4, 0.5) is 5.69 Å². The number of likely N-dealkylation sites (N-methyl/N-ethyl adjacent to an activating group) is 1. The van der Waals surface area contributed by atoms with Crippen LogP contribution in [0.1, 0.15) is 23.2 Å². The van der Waals surface area contributed by atoms with Crippen molar-refractivity contribution in [3.63, 3.8) is 0 Å². The van der Waals surface area contributed by atoms with Gasteiger partial charge in [0.15, 0.2) is 0 Å². The summed E-state index contributed by atoms with van der Waals surface area (Å²) in [4.78, 5) is 46.1. The van der Waals surface area contributed by atoms with Crippen LogP contribution in [0.5, 0.6) is 5.75 Å². The molecule has 0 bridgehead atoms. The second kappa shape index (κ2) is 9.13. The van der Waals surface area contributed by atoms with Crippen LogP contribution in [0.3, 0.4) is 0 Å². The van der Waals surface area contributed by atoms with Gasteiger partial charge in [0.1, 0.15) is 17.8 Å². The predicted molar refractivity (Wildman–Crippen MR) is 125 cm³/mol. The van der Waals surface area contributed by atoms with Crippen molar-refractivity contribution in [3.8, 4) is 5.75 Å². The number of nitrogens with zero attached hydrogens (tertiary/aromatic N) is 4. The van der Waals surface area contributed by atoms with E-state index in [0.717, 1.165) is 5.69 Å². The van der Waals surface area contributed by atoms with Gasteiger partial charge in [0, 0.05) is 38.4 Å². The van der Waals surface area contributed by atoms with Gasteiger partial charge in [0.05, 0.1) is 13.8 Å². The number of amides is 3. The topological polar surface area (TPSA) is 73.4 Å². The number of rotatable bonds is 5. The van der Waals surface area contributed by atoms with Gasteiger partial charge in [-0.1, -0.05) is 24.3 Å². The van der Waals surface area contributed by atoms with E-state index < -0.39 is 5.54 Å². The second-order valence-corrected chi connectivity index (χ2v) is 8.75. The van der Waals surface area contributed by atoms with E-state index in [4.69, 9.17) is 4.74 Å².